The molecule has 0 spiro atoms. The van der Waals surface area contributed by atoms with Crippen LogP contribution in [0.15, 0.2) is 18.6 Å². The monoisotopic (exact) mass is 243 g/mol. The maximum atomic E-state index is 5.50. The van der Waals surface area contributed by atoms with E-state index in [0.29, 0.717) is 13.1 Å². The van der Waals surface area contributed by atoms with E-state index in [1.54, 1.807) is 4.80 Å². The van der Waals surface area contributed by atoms with E-state index in [1.807, 2.05) is 19.2 Å². The number of nitrogens with one attached hydrogen (secondary N) is 1. The molecule has 7 heteroatoms. The summed E-state index contributed by atoms with van der Waals surface area (Å²) in [6, 6.07) is 1.94. The van der Waals surface area contributed by atoms with Crippen LogP contribution in [0.3, 0.4) is 0 Å². The molecule has 0 aliphatic rings. The Morgan fingerprint density at radius 3 is 3.00 bits per heavy atom. The van der Waals surface area contributed by atoms with Gasteiger partial charge in [-0.1, -0.05) is 0 Å². The first kappa shape index (κ1) is 10.8. The molecule has 0 bridgehead atoms. The Bertz CT molecular complexity index is 682. The number of aromatic nitrogens is 6. The molecule has 18 heavy (non-hydrogen) atoms. The lowest BCUT2D eigenvalue weighted by atomic mass is 10.2. The van der Waals surface area contributed by atoms with Gasteiger partial charge in [0, 0.05) is 18.1 Å². The SMILES string of the molecule is Cc1nn(CCN)nc1-c1ncnc2[nH]ccc12. The number of fused-ring (bicyclic) bond motifs is 1. The summed E-state index contributed by atoms with van der Waals surface area (Å²) in [6.45, 7) is 3.02. The molecule has 0 unspecified atom stereocenters. The van der Waals surface area contributed by atoms with Gasteiger partial charge in [-0.15, -0.1) is 0 Å². The van der Waals surface area contributed by atoms with E-state index >= 15 is 0 Å². The van der Waals surface area contributed by atoms with Crippen LogP contribution in [-0.4, -0.2) is 36.5 Å². The Morgan fingerprint density at radius 1 is 1.28 bits per heavy atom. The normalized spacial score (nSPS) is 11.2. The van der Waals surface area contributed by atoms with Crippen molar-refractivity contribution >= 4 is 11.0 Å². The largest absolute Gasteiger partial charge is 0.346 e. The van der Waals surface area contributed by atoms with E-state index in [4.69, 9.17) is 5.73 Å². The molecule has 0 aliphatic carbocycles. The third-order valence-corrected chi connectivity index (χ3v) is 2.73. The second-order valence-corrected chi connectivity index (χ2v) is 3.98. The van der Waals surface area contributed by atoms with E-state index in [0.717, 1.165) is 28.1 Å². The highest BCUT2D eigenvalue weighted by atomic mass is 15.5. The van der Waals surface area contributed by atoms with Crippen LogP contribution in [0.5, 0.6) is 0 Å². The first-order valence-electron chi connectivity index (χ1n) is 5.70. The fourth-order valence-corrected chi connectivity index (χ4v) is 1.93. The number of hydrogen-bond acceptors (Lipinski definition) is 5. The zero-order valence-corrected chi connectivity index (χ0v) is 9.96. The van der Waals surface area contributed by atoms with Gasteiger partial charge in [0.2, 0.25) is 0 Å². The van der Waals surface area contributed by atoms with Crippen LogP contribution in [-0.2, 0) is 6.54 Å². The molecule has 0 saturated heterocycles. The Morgan fingerprint density at radius 2 is 2.17 bits per heavy atom. The van der Waals surface area contributed by atoms with Crippen LogP contribution in [0.2, 0.25) is 0 Å². The highest BCUT2D eigenvalue weighted by Crippen LogP contribution is 2.24. The maximum absolute atomic E-state index is 5.50. The van der Waals surface area contributed by atoms with Gasteiger partial charge in [-0.25, -0.2) is 9.97 Å². The third kappa shape index (κ3) is 1.65. The quantitative estimate of drug-likeness (QED) is 0.697. The van der Waals surface area contributed by atoms with Crippen molar-refractivity contribution in [1.29, 1.82) is 0 Å². The molecule has 0 aromatic carbocycles. The zero-order valence-electron chi connectivity index (χ0n) is 9.96. The van der Waals surface area contributed by atoms with Gasteiger partial charge < -0.3 is 10.7 Å². The van der Waals surface area contributed by atoms with Gasteiger partial charge in [-0.3, -0.25) is 0 Å². The summed E-state index contributed by atoms with van der Waals surface area (Å²) in [5.74, 6) is 0. The molecule has 3 aromatic rings. The summed E-state index contributed by atoms with van der Waals surface area (Å²) in [5, 5.41) is 9.69. The number of nitrogens with zero attached hydrogens (tertiary/aromatic N) is 5. The molecule has 0 aliphatic heterocycles. The molecule has 3 N–H and O–H groups in total. The van der Waals surface area contributed by atoms with Gasteiger partial charge in [-0.05, 0) is 13.0 Å². The summed E-state index contributed by atoms with van der Waals surface area (Å²) >= 11 is 0. The average Bonchev–Trinajstić information content (AvgIpc) is 2.95. The van der Waals surface area contributed by atoms with E-state index < -0.39 is 0 Å². The van der Waals surface area contributed by atoms with Gasteiger partial charge in [0.15, 0.2) is 0 Å². The van der Waals surface area contributed by atoms with Crippen molar-refractivity contribution in [2.24, 2.45) is 5.73 Å². The van der Waals surface area contributed by atoms with Crippen molar-refractivity contribution in [2.45, 2.75) is 13.5 Å². The van der Waals surface area contributed by atoms with Gasteiger partial charge >= 0.3 is 0 Å². The minimum Gasteiger partial charge on any atom is -0.346 e. The molecule has 3 heterocycles. The molecule has 0 fully saturated rings. The molecule has 7 nitrogen and oxygen atoms in total. The lowest BCUT2D eigenvalue weighted by Gasteiger charge is -1.98. The van der Waals surface area contributed by atoms with Crippen LogP contribution in [0, 0.1) is 6.92 Å². The zero-order chi connectivity index (χ0) is 12.5. The Hall–Kier alpha value is -2.28. The molecular weight excluding hydrogens is 230 g/mol. The van der Waals surface area contributed by atoms with E-state index in [9.17, 15) is 0 Å². The van der Waals surface area contributed by atoms with Crippen molar-refractivity contribution in [3.05, 3.63) is 24.3 Å². The van der Waals surface area contributed by atoms with E-state index in [1.165, 1.54) is 6.33 Å². The molecule has 92 valence electrons. The molecule has 0 atom stereocenters. The fourth-order valence-electron chi connectivity index (χ4n) is 1.93. The second-order valence-electron chi connectivity index (χ2n) is 3.98. The Labute approximate surface area is 103 Å². The highest BCUT2D eigenvalue weighted by molar-refractivity contribution is 5.89. The predicted molar refractivity (Wildman–Crippen MR) is 66.7 cm³/mol. The number of hydrogen-bond donors (Lipinski definition) is 2. The topological polar surface area (TPSA) is 98.3 Å². The summed E-state index contributed by atoms with van der Waals surface area (Å²) in [6.07, 6.45) is 3.36. The molecule has 3 aromatic heterocycles. The molecule has 0 radical (unpaired) electrons. The number of aromatic amines is 1. The molecule has 0 amide bonds. The van der Waals surface area contributed by atoms with Crippen molar-refractivity contribution < 1.29 is 0 Å². The van der Waals surface area contributed by atoms with Crippen LogP contribution < -0.4 is 5.73 Å². The second kappa shape index (κ2) is 4.19. The lowest BCUT2D eigenvalue weighted by molar-refractivity contribution is 0.544. The maximum Gasteiger partial charge on any atom is 0.141 e. The van der Waals surface area contributed by atoms with Gasteiger partial charge in [-0.2, -0.15) is 15.0 Å². The first-order chi connectivity index (χ1) is 8.79. The third-order valence-electron chi connectivity index (χ3n) is 2.73. The summed E-state index contributed by atoms with van der Waals surface area (Å²) < 4.78 is 0. The predicted octanol–water partition coefficient (Wildman–Crippen LogP) is 0.484. The van der Waals surface area contributed by atoms with Crippen LogP contribution in [0.4, 0.5) is 0 Å². The minimum atomic E-state index is 0.511. The van der Waals surface area contributed by atoms with Gasteiger partial charge in [0.25, 0.3) is 0 Å². The number of aryl methyl sites for hydroxylation is 1. The van der Waals surface area contributed by atoms with Crippen molar-refractivity contribution in [1.82, 2.24) is 29.9 Å². The average molecular weight is 243 g/mol. The summed E-state index contributed by atoms with van der Waals surface area (Å²) in [5.41, 5.74) is 8.70. The van der Waals surface area contributed by atoms with Gasteiger partial charge in [0.05, 0.1) is 12.2 Å². The first-order valence-corrected chi connectivity index (χ1v) is 5.70. The molecular formula is C11H13N7. The number of H-pyrrole nitrogens is 1. The molecule has 0 saturated carbocycles. The van der Waals surface area contributed by atoms with Crippen molar-refractivity contribution in [3.63, 3.8) is 0 Å². The van der Waals surface area contributed by atoms with Gasteiger partial charge in [0.1, 0.15) is 23.4 Å². The van der Waals surface area contributed by atoms with Crippen LogP contribution >= 0.6 is 0 Å². The fraction of sp³-hybridized carbons (Fsp3) is 0.273. The summed E-state index contributed by atoms with van der Waals surface area (Å²) in [4.78, 5) is 13.1. The Balaban J connectivity index is 2.16. The van der Waals surface area contributed by atoms with Crippen LogP contribution in [0.1, 0.15) is 5.69 Å². The summed E-state index contributed by atoms with van der Waals surface area (Å²) in [7, 11) is 0. The van der Waals surface area contributed by atoms with Crippen molar-refractivity contribution in [2.75, 3.05) is 6.54 Å². The van der Waals surface area contributed by atoms with E-state index in [2.05, 4.69) is 25.1 Å². The number of rotatable bonds is 3. The Kier molecular flexibility index (Phi) is 2.52. The van der Waals surface area contributed by atoms with E-state index in [-0.39, 0.29) is 0 Å². The van der Waals surface area contributed by atoms with Crippen LogP contribution in [0.25, 0.3) is 22.4 Å². The standard InChI is InChI=1S/C11H13N7/c1-7-9(17-18(16-7)5-3-12)10-8-2-4-13-11(8)15-6-14-10/h2,4,6H,3,5,12H2,1H3,(H,13,14,15). The molecule has 3 rings (SSSR count). The highest BCUT2D eigenvalue weighted by Gasteiger charge is 2.14. The smallest absolute Gasteiger partial charge is 0.141 e. The number of nitrogens with two attached hydrogens (primary N) is 1. The minimum absolute atomic E-state index is 0.511. The lowest BCUT2D eigenvalue weighted by Crippen LogP contribution is -2.12. The van der Waals surface area contributed by atoms with Crippen molar-refractivity contribution in [3.8, 4) is 11.4 Å².